The van der Waals surface area contributed by atoms with Crippen molar-refractivity contribution in [3.8, 4) is 17.0 Å². The molecule has 0 aliphatic heterocycles. The molecule has 0 saturated carbocycles. The van der Waals surface area contributed by atoms with Gasteiger partial charge in [-0.15, -0.1) is 0 Å². The normalized spacial score (nSPS) is 12.5. The van der Waals surface area contributed by atoms with Crippen LogP contribution in [0.25, 0.3) is 17.3 Å². The highest BCUT2D eigenvalue weighted by molar-refractivity contribution is 6.32. The summed E-state index contributed by atoms with van der Waals surface area (Å²) in [6.07, 6.45) is 0.654. The summed E-state index contributed by atoms with van der Waals surface area (Å²) < 4.78 is 49.9. The molecule has 1 heterocycles. The number of rotatable bonds is 10. The van der Waals surface area contributed by atoms with Crippen LogP contribution in [0.15, 0.2) is 66.7 Å². The van der Waals surface area contributed by atoms with Crippen LogP contribution in [0, 0.1) is 0 Å². The van der Waals surface area contributed by atoms with Gasteiger partial charge in [-0.1, -0.05) is 49.2 Å². The topological polar surface area (TPSA) is 48.4 Å². The van der Waals surface area contributed by atoms with Crippen molar-refractivity contribution in [1.82, 2.24) is 4.98 Å². The molecule has 36 heavy (non-hydrogen) atoms. The molecule has 0 radical (unpaired) electrons. The van der Waals surface area contributed by atoms with Crippen molar-refractivity contribution in [3.05, 3.63) is 88.6 Å². The largest absolute Gasteiger partial charge is 0.483 e. The fourth-order valence-electron chi connectivity index (χ4n) is 3.50. The third-order valence-corrected chi connectivity index (χ3v) is 5.65. The molecule has 1 aromatic heterocycles. The van der Waals surface area contributed by atoms with E-state index in [0.29, 0.717) is 46.3 Å². The Hall–Kier alpha value is -3.32. The first kappa shape index (κ1) is 27.3. The molecule has 0 aliphatic carbocycles. The molecule has 1 atom stereocenters. The Morgan fingerprint density at radius 2 is 1.83 bits per heavy atom. The van der Waals surface area contributed by atoms with Gasteiger partial charge in [-0.25, -0.2) is 9.78 Å². The van der Waals surface area contributed by atoms with Gasteiger partial charge in [0.25, 0.3) is 0 Å². The average molecular weight is 518 g/mol. The van der Waals surface area contributed by atoms with Gasteiger partial charge in [-0.3, -0.25) is 0 Å². The van der Waals surface area contributed by atoms with E-state index in [1.54, 1.807) is 37.3 Å². The Balaban J connectivity index is 1.83. The number of hydrogen-bond donors (Lipinski definition) is 0. The zero-order valence-corrected chi connectivity index (χ0v) is 20.8. The van der Waals surface area contributed by atoms with Crippen LogP contribution < -0.4 is 4.74 Å². The van der Waals surface area contributed by atoms with E-state index in [2.05, 4.69) is 11.9 Å². The average Bonchev–Trinajstić information content (AvgIpc) is 2.86. The zero-order chi connectivity index (χ0) is 26.1. The third-order valence-electron chi connectivity index (χ3n) is 5.35. The Kier molecular flexibility index (Phi) is 9.53. The van der Waals surface area contributed by atoms with Crippen LogP contribution in [0.3, 0.4) is 0 Å². The van der Waals surface area contributed by atoms with E-state index in [1.165, 1.54) is 18.2 Å². The van der Waals surface area contributed by atoms with E-state index in [0.717, 1.165) is 25.0 Å². The quantitative estimate of drug-likeness (QED) is 0.200. The predicted octanol–water partition coefficient (Wildman–Crippen LogP) is 8.31. The van der Waals surface area contributed by atoms with Crippen molar-refractivity contribution in [2.45, 2.75) is 45.4 Å². The number of unbranched alkanes of at least 4 members (excludes halogenated alkanes) is 1. The van der Waals surface area contributed by atoms with Crippen LogP contribution in [0.2, 0.25) is 5.02 Å². The number of alkyl halides is 3. The zero-order valence-electron chi connectivity index (χ0n) is 20.0. The van der Waals surface area contributed by atoms with Crippen molar-refractivity contribution in [2.24, 2.45) is 0 Å². The monoisotopic (exact) mass is 517 g/mol. The van der Waals surface area contributed by atoms with Gasteiger partial charge in [-0.2, -0.15) is 13.2 Å². The molecule has 4 nitrogen and oxygen atoms in total. The summed E-state index contributed by atoms with van der Waals surface area (Å²) >= 11 is 6.46. The molecule has 0 fully saturated rings. The van der Waals surface area contributed by atoms with E-state index in [1.807, 2.05) is 12.1 Å². The highest BCUT2D eigenvalue weighted by Crippen LogP contribution is 2.34. The lowest BCUT2D eigenvalue weighted by atomic mass is 10.1. The third kappa shape index (κ3) is 7.59. The molecule has 190 valence electrons. The van der Waals surface area contributed by atoms with E-state index < -0.39 is 23.8 Å². The maximum atomic E-state index is 12.9. The van der Waals surface area contributed by atoms with E-state index >= 15 is 0 Å². The molecule has 0 spiro atoms. The van der Waals surface area contributed by atoms with E-state index in [4.69, 9.17) is 21.1 Å². The molecule has 0 aliphatic rings. The second-order valence-corrected chi connectivity index (χ2v) is 8.45. The molecular formula is C28H27ClF3NO3. The number of carbonyl (C=O) groups is 1. The number of nitrogens with zero attached hydrogens (tertiary/aromatic N) is 1. The smallest absolute Gasteiger partial charge is 0.416 e. The minimum Gasteiger partial charge on any atom is -0.483 e. The summed E-state index contributed by atoms with van der Waals surface area (Å²) in [5.74, 6) is 0.0281. The number of benzene rings is 2. The van der Waals surface area contributed by atoms with E-state index in [9.17, 15) is 18.0 Å². The molecular weight excluding hydrogens is 491 g/mol. The maximum absolute atomic E-state index is 12.9. The first-order chi connectivity index (χ1) is 17.2. The van der Waals surface area contributed by atoms with Crippen LogP contribution in [-0.4, -0.2) is 17.6 Å². The molecule has 0 bridgehead atoms. The van der Waals surface area contributed by atoms with Crippen molar-refractivity contribution in [3.63, 3.8) is 0 Å². The minimum absolute atomic E-state index is 0.296. The first-order valence-electron chi connectivity index (χ1n) is 11.7. The van der Waals surface area contributed by atoms with Crippen LogP contribution in [0.5, 0.6) is 5.75 Å². The van der Waals surface area contributed by atoms with E-state index in [-0.39, 0.29) is 0 Å². The van der Waals surface area contributed by atoms with Gasteiger partial charge in [0, 0.05) is 11.6 Å². The molecule has 0 N–H and O–H groups in total. The summed E-state index contributed by atoms with van der Waals surface area (Å²) in [5, 5.41) is 0.376. The van der Waals surface area contributed by atoms with Gasteiger partial charge >= 0.3 is 12.1 Å². The molecule has 8 heteroatoms. The summed E-state index contributed by atoms with van der Waals surface area (Å²) in [6, 6.07) is 15.5. The standard InChI is InChI=1S/C28H27ClF3NO3/c1-3-5-9-26(36-25-16-10-19(18-22(25)29)11-17-27(34)35-4-2)24-8-6-7-23(33-24)20-12-14-21(15-13-20)28(30,31)32/h6-8,10-18,26H,3-5,9H2,1-2H3/t26-/m0/s1. The van der Waals surface area contributed by atoms with Crippen LogP contribution in [0.4, 0.5) is 13.2 Å². The maximum Gasteiger partial charge on any atom is 0.416 e. The molecule has 0 unspecified atom stereocenters. The van der Waals surface area contributed by atoms with Crippen LogP contribution in [0.1, 0.15) is 56.0 Å². The number of esters is 1. The first-order valence-corrected chi connectivity index (χ1v) is 12.0. The number of carbonyl (C=O) groups excluding carboxylic acids is 1. The lowest BCUT2D eigenvalue weighted by molar-refractivity contribution is -0.138. The van der Waals surface area contributed by atoms with Crippen molar-refractivity contribution in [2.75, 3.05) is 6.61 Å². The lowest BCUT2D eigenvalue weighted by Gasteiger charge is -2.20. The van der Waals surface area contributed by atoms with Gasteiger partial charge in [0.2, 0.25) is 0 Å². The van der Waals surface area contributed by atoms with Gasteiger partial charge in [-0.05, 0) is 67.8 Å². The fourth-order valence-corrected chi connectivity index (χ4v) is 3.74. The van der Waals surface area contributed by atoms with Gasteiger partial charge in [0.15, 0.2) is 0 Å². The van der Waals surface area contributed by atoms with Gasteiger partial charge in [0.1, 0.15) is 11.9 Å². The van der Waals surface area contributed by atoms with Crippen molar-refractivity contribution in [1.29, 1.82) is 0 Å². The SMILES string of the molecule is CCCC[C@H](Oc1ccc(C=CC(=O)OCC)cc1Cl)c1cccc(-c2ccc(C(F)(F)F)cc2)n1. The number of aromatic nitrogens is 1. The Morgan fingerprint density at radius 1 is 1.08 bits per heavy atom. The number of pyridine rings is 1. The predicted molar refractivity (Wildman–Crippen MR) is 135 cm³/mol. The second kappa shape index (κ2) is 12.6. The summed E-state index contributed by atoms with van der Waals surface area (Å²) in [6.45, 7) is 4.10. The Bertz CT molecular complexity index is 1190. The highest BCUT2D eigenvalue weighted by Gasteiger charge is 2.30. The number of halogens is 4. The van der Waals surface area contributed by atoms with Crippen LogP contribution in [-0.2, 0) is 15.7 Å². The number of ether oxygens (including phenoxy) is 2. The molecule has 2 aromatic carbocycles. The second-order valence-electron chi connectivity index (χ2n) is 8.05. The molecule has 0 amide bonds. The Labute approximate surface area is 213 Å². The summed E-state index contributed by atoms with van der Waals surface area (Å²) in [4.78, 5) is 16.2. The molecule has 3 aromatic rings. The molecule has 0 saturated heterocycles. The number of hydrogen-bond acceptors (Lipinski definition) is 4. The minimum atomic E-state index is -4.39. The highest BCUT2D eigenvalue weighted by atomic mass is 35.5. The van der Waals surface area contributed by atoms with Crippen molar-refractivity contribution >= 4 is 23.6 Å². The van der Waals surface area contributed by atoms with Crippen LogP contribution >= 0.6 is 11.6 Å². The fraction of sp³-hybridized carbons (Fsp3) is 0.286. The lowest BCUT2D eigenvalue weighted by Crippen LogP contribution is -2.10. The van der Waals surface area contributed by atoms with Gasteiger partial charge < -0.3 is 9.47 Å². The van der Waals surface area contributed by atoms with Gasteiger partial charge in [0.05, 0.1) is 28.6 Å². The Morgan fingerprint density at radius 3 is 2.47 bits per heavy atom. The summed E-state index contributed by atoms with van der Waals surface area (Å²) in [5.41, 5.74) is 1.80. The summed E-state index contributed by atoms with van der Waals surface area (Å²) in [7, 11) is 0. The molecule has 3 rings (SSSR count). The van der Waals surface area contributed by atoms with Crippen molar-refractivity contribution < 1.29 is 27.4 Å².